The summed E-state index contributed by atoms with van der Waals surface area (Å²) >= 11 is 0. The Kier molecular flexibility index (Phi) is 49.3. The number of ether oxygens (including phenoxy) is 4. The van der Waals surface area contributed by atoms with Crippen LogP contribution in [0.4, 0.5) is 0 Å². The summed E-state index contributed by atoms with van der Waals surface area (Å²) in [6.07, 6.45) is 51.6. The summed E-state index contributed by atoms with van der Waals surface area (Å²) in [5.41, 5.74) is 0. The molecule has 12 atom stereocenters. The third-order valence-corrected chi connectivity index (χ3v) is 16.5. The summed E-state index contributed by atoms with van der Waals surface area (Å²) in [6.45, 7) is 2.80. The van der Waals surface area contributed by atoms with Gasteiger partial charge in [-0.05, 0) is 70.6 Å². The molecule has 2 rings (SSSR count). The van der Waals surface area contributed by atoms with Crippen LogP contribution in [0.25, 0.3) is 0 Å². The smallest absolute Gasteiger partial charge is 0.220 e. The van der Waals surface area contributed by atoms with Crippen molar-refractivity contribution in [3.63, 3.8) is 0 Å². The van der Waals surface area contributed by atoms with Crippen LogP contribution in [0, 0.1) is 0 Å². The highest BCUT2D eigenvalue weighted by Crippen LogP contribution is 2.30. The van der Waals surface area contributed by atoms with Crippen LogP contribution in [-0.2, 0) is 23.7 Å². The van der Waals surface area contributed by atoms with E-state index in [-0.39, 0.29) is 18.9 Å². The van der Waals surface area contributed by atoms with Gasteiger partial charge in [0.2, 0.25) is 5.91 Å². The first-order valence-corrected chi connectivity index (χ1v) is 33.9. The zero-order valence-electron chi connectivity index (χ0n) is 52.0. The van der Waals surface area contributed by atoms with Crippen molar-refractivity contribution < 1.29 is 64.6 Å². The maximum atomic E-state index is 13.3. The number of amides is 1. The van der Waals surface area contributed by atoms with Crippen molar-refractivity contribution >= 4 is 5.91 Å². The Morgan fingerprint density at radius 1 is 0.427 bits per heavy atom. The molecule has 0 spiro atoms. The van der Waals surface area contributed by atoms with E-state index in [1.807, 2.05) is 6.08 Å². The van der Waals surface area contributed by atoms with Crippen molar-refractivity contribution in [1.29, 1.82) is 0 Å². The molecule has 2 saturated heterocycles. The van der Waals surface area contributed by atoms with Crippen LogP contribution >= 0.6 is 0 Å². The molecular formula is C68H125NO13. The standard InChI is InChI=1S/C68H125NO13/c1-3-5-7-9-11-13-15-17-19-21-23-25-26-27-28-29-30-32-34-36-38-40-42-44-46-48-50-52-60(73)69-56(57(72)51-49-47-45-43-41-39-37-35-33-31-24-22-20-18-16-14-12-10-8-6-4-2)55-79-67-65(78)63(76)66(59(54-71)81-67)82-68-64(77)62(75)61(74)58(53-70)80-68/h21,23,33,35,41,43,49,51,56-59,61-68,70-72,74-78H,3-20,22,24-32,34,36-40,42,44-48,50,52-55H2,1-2H3,(H,69,73)/b23-21-,35-33+,43-41+,51-49+. The molecule has 0 aromatic rings. The largest absolute Gasteiger partial charge is 0.394 e. The average Bonchev–Trinajstić information content (AvgIpc) is 3.67. The van der Waals surface area contributed by atoms with Gasteiger partial charge in [-0.15, -0.1) is 0 Å². The summed E-state index contributed by atoms with van der Waals surface area (Å²) in [4.78, 5) is 13.3. The first kappa shape index (κ1) is 76.0. The lowest BCUT2D eigenvalue weighted by atomic mass is 9.97. The lowest BCUT2D eigenvalue weighted by Crippen LogP contribution is -2.65. The monoisotopic (exact) mass is 1160 g/mol. The Hall–Kier alpha value is -2.05. The van der Waals surface area contributed by atoms with Crippen molar-refractivity contribution in [2.45, 2.75) is 357 Å². The van der Waals surface area contributed by atoms with E-state index in [1.54, 1.807) is 6.08 Å². The van der Waals surface area contributed by atoms with Gasteiger partial charge in [-0.25, -0.2) is 0 Å². The second-order valence-corrected chi connectivity index (χ2v) is 23.9. The number of allylic oxidation sites excluding steroid dienone is 7. The van der Waals surface area contributed by atoms with Crippen molar-refractivity contribution in [3.05, 3.63) is 48.6 Å². The van der Waals surface area contributed by atoms with Crippen LogP contribution in [0.5, 0.6) is 0 Å². The normalized spacial score (nSPS) is 24.2. The molecule has 0 aromatic heterocycles. The Morgan fingerprint density at radius 2 is 0.780 bits per heavy atom. The molecule has 14 nitrogen and oxygen atoms in total. The lowest BCUT2D eigenvalue weighted by Gasteiger charge is -2.46. The fourth-order valence-electron chi connectivity index (χ4n) is 11.0. The van der Waals surface area contributed by atoms with Crippen LogP contribution < -0.4 is 5.32 Å². The van der Waals surface area contributed by atoms with Gasteiger partial charge >= 0.3 is 0 Å². The molecule has 82 heavy (non-hydrogen) atoms. The molecule has 2 aliphatic rings. The Balaban J connectivity index is 1.71. The summed E-state index contributed by atoms with van der Waals surface area (Å²) in [5, 5.41) is 87.3. The van der Waals surface area contributed by atoms with E-state index in [4.69, 9.17) is 18.9 Å². The van der Waals surface area contributed by atoms with Crippen molar-refractivity contribution in [2.75, 3.05) is 19.8 Å². The highest BCUT2D eigenvalue weighted by atomic mass is 16.7. The van der Waals surface area contributed by atoms with Gasteiger partial charge in [0.1, 0.15) is 48.8 Å². The van der Waals surface area contributed by atoms with Crippen molar-refractivity contribution in [2.24, 2.45) is 0 Å². The predicted molar refractivity (Wildman–Crippen MR) is 332 cm³/mol. The molecule has 14 heteroatoms. The Bertz CT molecular complexity index is 1560. The van der Waals surface area contributed by atoms with Gasteiger partial charge in [-0.1, -0.05) is 255 Å². The summed E-state index contributed by atoms with van der Waals surface area (Å²) in [7, 11) is 0. The number of hydrogen-bond acceptors (Lipinski definition) is 13. The molecule has 0 aromatic carbocycles. The molecule has 0 aliphatic carbocycles. The quantitative estimate of drug-likeness (QED) is 0.0204. The summed E-state index contributed by atoms with van der Waals surface area (Å²) in [5.74, 6) is -0.250. The molecule has 2 fully saturated rings. The van der Waals surface area contributed by atoms with E-state index < -0.39 is 86.8 Å². The van der Waals surface area contributed by atoms with Gasteiger partial charge in [0, 0.05) is 6.42 Å². The van der Waals surface area contributed by atoms with E-state index in [9.17, 15) is 45.6 Å². The molecule has 9 N–H and O–H groups in total. The molecule has 1 amide bonds. The predicted octanol–water partition coefficient (Wildman–Crippen LogP) is 13.1. The van der Waals surface area contributed by atoms with Gasteiger partial charge in [0.25, 0.3) is 0 Å². The third kappa shape index (κ3) is 37.5. The molecule has 0 saturated carbocycles. The van der Waals surface area contributed by atoms with Gasteiger partial charge in [-0.3, -0.25) is 4.79 Å². The van der Waals surface area contributed by atoms with Crippen LogP contribution in [0.15, 0.2) is 48.6 Å². The second kappa shape index (κ2) is 53.2. The molecule has 12 unspecified atom stereocenters. The number of rotatable bonds is 55. The van der Waals surface area contributed by atoms with Gasteiger partial charge in [0.05, 0.1) is 32.0 Å². The fraction of sp³-hybridized carbons (Fsp3) is 0.868. The summed E-state index contributed by atoms with van der Waals surface area (Å²) < 4.78 is 22.8. The van der Waals surface area contributed by atoms with E-state index in [0.29, 0.717) is 12.8 Å². The maximum absolute atomic E-state index is 13.3. The number of unbranched alkanes of at least 4 members (excludes halogenated alkanes) is 36. The third-order valence-electron chi connectivity index (χ3n) is 16.5. The SMILES string of the molecule is CCCCCCCCCC/C=C\CCCCCCCCCCCCCCCCCC(=O)NC(COC1OC(CO)C(OC2OC(CO)C(O)C(O)C2O)C(O)C1O)C(O)/C=C/CC/C=C/CC/C=C/CCCCCCCCCCCCC. The van der Waals surface area contributed by atoms with Crippen molar-refractivity contribution in [3.8, 4) is 0 Å². The highest BCUT2D eigenvalue weighted by Gasteiger charge is 2.51. The minimum Gasteiger partial charge on any atom is -0.394 e. The van der Waals surface area contributed by atoms with Gasteiger partial charge in [-0.2, -0.15) is 0 Å². The zero-order valence-corrected chi connectivity index (χ0v) is 52.0. The fourth-order valence-corrected chi connectivity index (χ4v) is 11.0. The number of nitrogens with one attached hydrogen (secondary N) is 1. The molecule has 0 radical (unpaired) electrons. The van der Waals surface area contributed by atoms with E-state index in [1.165, 1.54) is 205 Å². The molecule has 2 aliphatic heterocycles. The lowest BCUT2D eigenvalue weighted by molar-refractivity contribution is -0.359. The average molecular weight is 1160 g/mol. The number of aliphatic hydroxyl groups excluding tert-OH is 8. The van der Waals surface area contributed by atoms with Crippen LogP contribution in [-0.4, -0.2) is 140 Å². The number of aliphatic hydroxyl groups is 8. The minimum absolute atomic E-state index is 0.250. The zero-order chi connectivity index (χ0) is 59.5. The molecule has 0 bridgehead atoms. The maximum Gasteiger partial charge on any atom is 0.220 e. The van der Waals surface area contributed by atoms with Crippen LogP contribution in [0.1, 0.15) is 284 Å². The molecular weight excluding hydrogens is 1040 g/mol. The first-order valence-electron chi connectivity index (χ1n) is 33.9. The summed E-state index contributed by atoms with van der Waals surface area (Å²) in [6, 6.07) is -0.939. The number of carbonyl (C=O) groups is 1. The Morgan fingerprint density at radius 3 is 1.20 bits per heavy atom. The van der Waals surface area contributed by atoms with E-state index >= 15 is 0 Å². The van der Waals surface area contributed by atoms with Crippen LogP contribution in [0.2, 0.25) is 0 Å². The number of carbonyl (C=O) groups excluding carboxylic acids is 1. The van der Waals surface area contributed by atoms with E-state index in [0.717, 1.165) is 44.9 Å². The second-order valence-electron chi connectivity index (χ2n) is 23.9. The van der Waals surface area contributed by atoms with Gasteiger partial charge < -0.3 is 65.1 Å². The highest BCUT2D eigenvalue weighted by molar-refractivity contribution is 5.76. The molecule has 480 valence electrons. The Labute approximate surface area is 499 Å². The topological polar surface area (TPSA) is 228 Å². The number of hydrogen-bond donors (Lipinski definition) is 9. The van der Waals surface area contributed by atoms with Gasteiger partial charge in [0.15, 0.2) is 12.6 Å². The minimum atomic E-state index is -1.79. The first-order chi connectivity index (χ1) is 40.1. The van der Waals surface area contributed by atoms with Crippen molar-refractivity contribution in [1.82, 2.24) is 5.32 Å². The van der Waals surface area contributed by atoms with Crippen LogP contribution in [0.3, 0.4) is 0 Å². The van der Waals surface area contributed by atoms with E-state index in [2.05, 4.69) is 55.6 Å². The molecule has 2 heterocycles.